The molecule has 0 aromatic carbocycles. The van der Waals surface area contributed by atoms with E-state index in [4.69, 9.17) is 4.74 Å². The number of alkyl halides is 1. The third-order valence-electron chi connectivity index (χ3n) is 1.47. The Kier molecular flexibility index (Phi) is 3.51. The summed E-state index contributed by atoms with van der Waals surface area (Å²) in [5.74, 6) is 0.597. The molecule has 2 nitrogen and oxygen atoms in total. The maximum Gasteiger partial charge on any atom is 0.213 e. The molecule has 0 fully saturated rings. The molecule has 1 heterocycles. The van der Waals surface area contributed by atoms with Crippen molar-refractivity contribution < 1.29 is 9.13 Å². The van der Waals surface area contributed by atoms with Gasteiger partial charge in [0.15, 0.2) is 0 Å². The second kappa shape index (κ2) is 4.70. The number of rotatable bonds is 4. The van der Waals surface area contributed by atoms with E-state index in [1.54, 1.807) is 12.3 Å². The SMILES string of the molecule is CCOc1ccc(CCF)cn1. The van der Waals surface area contributed by atoms with Gasteiger partial charge in [-0.3, -0.25) is 4.39 Å². The largest absolute Gasteiger partial charge is 0.478 e. The van der Waals surface area contributed by atoms with Crippen LogP contribution < -0.4 is 4.74 Å². The lowest BCUT2D eigenvalue weighted by Crippen LogP contribution is -1.95. The van der Waals surface area contributed by atoms with Crippen LogP contribution >= 0.6 is 0 Å². The van der Waals surface area contributed by atoms with Gasteiger partial charge in [-0.15, -0.1) is 0 Å². The van der Waals surface area contributed by atoms with Crippen molar-refractivity contribution in [3.8, 4) is 5.88 Å². The average molecular weight is 169 g/mol. The number of aromatic nitrogens is 1. The Balaban J connectivity index is 2.58. The topological polar surface area (TPSA) is 22.1 Å². The molecule has 0 bridgehead atoms. The van der Waals surface area contributed by atoms with Crippen molar-refractivity contribution in [3.63, 3.8) is 0 Å². The zero-order chi connectivity index (χ0) is 8.81. The summed E-state index contributed by atoms with van der Waals surface area (Å²) in [5.41, 5.74) is 0.904. The van der Waals surface area contributed by atoms with Gasteiger partial charge in [-0.1, -0.05) is 6.07 Å². The van der Waals surface area contributed by atoms with Crippen molar-refractivity contribution in [2.45, 2.75) is 13.3 Å². The van der Waals surface area contributed by atoms with Crippen molar-refractivity contribution in [1.82, 2.24) is 4.98 Å². The zero-order valence-corrected chi connectivity index (χ0v) is 7.09. The standard InChI is InChI=1S/C9H12FNO/c1-2-12-9-4-3-8(5-6-10)7-11-9/h3-4,7H,2,5-6H2,1H3. The van der Waals surface area contributed by atoms with Crippen LogP contribution in [0.4, 0.5) is 4.39 Å². The van der Waals surface area contributed by atoms with E-state index >= 15 is 0 Å². The van der Waals surface area contributed by atoms with Crippen LogP contribution in [0.15, 0.2) is 18.3 Å². The van der Waals surface area contributed by atoms with Gasteiger partial charge in [0.25, 0.3) is 0 Å². The van der Waals surface area contributed by atoms with E-state index in [1.807, 2.05) is 13.0 Å². The molecule has 12 heavy (non-hydrogen) atoms. The Bertz CT molecular complexity index is 197. The molecule has 0 atom stereocenters. The first-order valence-corrected chi connectivity index (χ1v) is 4.00. The van der Waals surface area contributed by atoms with E-state index < -0.39 is 0 Å². The molecule has 0 saturated carbocycles. The molecule has 0 saturated heterocycles. The number of nitrogens with zero attached hydrogens (tertiary/aromatic N) is 1. The van der Waals surface area contributed by atoms with Crippen molar-refractivity contribution in [3.05, 3.63) is 23.9 Å². The lowest BCUT2D eigenvalue weighted by atomic mass is 10.2. The monoisotopic (exact) mass is 169 g/mol. The number of hydrogen-bond donors (Lipinski definition) is 0. The number of aryl methyl sites for hydroxylation is 1. The number of hydrogen-bond acceptors (Lipinski definition) is 2. The molecule has 0 aliphatic rings. The minimum Gasteiger partial charge on any atom is -0.478 e. The third-order valence-corrected chi connectivity index (χ3v) is 1.47. The molecule has 66 valence electrons. The Hall–Kier alpha value is -1.12. The number of ether oxygens (including phenoxy) is 1. The average Bonchev–Trinajstić information content (AvgIpc) is 2.09. The molecule has 1 aromatic heterocycles. The minimum atomic E-state index is -0.338. The van der Waals surface area contributed by atoms with E-state index in [-0.39, 0.29) is 6.67 Å². The summed E-state index contributed by atoms with van der Waals surface area (Å²) in [7, 11) is 0. The van der Waals surface area contributed by atoms with Crippen molar-refractivity contribution in [1.29, 1.82) is 0 Å². The highest BCUT2D eigenvalue weighted by molar-refractivity contribution is 5.17. The fourth-order valence-corrected chi connectivity index (χ4v) is 0.901. The van der Waals surface area contributed by atoms with E-state index in [0.29, 0.717) is 18.9 Å². The molecule has 0 radical (unpaired) electrons. The van der Waals surface area contributed by atoms with Crippen LogP contribution in [0.25, 0.3) is 0 Å². The van der Waals surface area contributed by atoms with Gasteiger partial charge in [0, 0.05) is 18.7 Å². The van der Waals surface area contributed by atoms with Crippen LogP contribution in [-0.4, -0.2) is 18.3 Å². The summed E-state index contributed by atoms with van der Waals surface area (Å²) < 4.78 is 17.0. The summed E-state index contributed by atoms with van der Waals surface area (Å²) >= 11 is 0. The van der Waals surface area contributed by atoms with Crippen LogP contribution in [0.5, 0.6) is 5.88 Å². The highest BCUT2D eigenvalue weighted by atomic mass is 19.1. The zero-order valence-electron chi connectivity index (χ0n) is 7.09. The maximum absolute atomic E-state index is 11.9. The third kappa shape index (κ3) is 2.49. The van der Waals surface area contributed by atoms with Gasteiger partial charge >= 0.3 is 0 Å². The van der Waals surface area contributed by atoms with Gasteiger partial charge in [-0.05, 0) is 12.5 Å². The van der Waals surface area contributed by atoms with Crippen LogP contribution in [0.1, 0.15) is 12.5 Å². The molecule has 0 aliphatic heterocycles. The molecule has 0 aliphatic carbocycles. The Morgan fingerprint density at radius 2 is 2.33 bits per heavy atom. The van der Waals surface area contributed by atoms with Gasteiger partial charge in [-0.25, -0.2) is 4.98 Å². The molecule has 0 unspecified atom stereocenters. The predicted molar refractivity (Wildman–Crippen MR) is 45.1 cm³/mol. The second-order valence-corrected chi connectivity index (χ2v) is 2.38. The van der Waals surface area contributed by atoms with E-state index in [9.17, 15) is 4.39 Å². The predicted octanol–water partition coefficient (Wildman–Crippen LogP) is 1.99. The normalized spacial score (nSPS) is 9.83. The fourth-order valence-electron chi connectivity index (χ4n) is 0.901. The fraction of sp³-hybridized carbons (Fsp3) is 0.444. The molecule has 0 spiro atoms. The molecule has 3 heteroatoms. The van der Waals surface area contributed by atoms with E-state index in [0.717, 1.165) is 5.56 Å². The van der Waals surface area contributed by atoms with Gasteiger partial charge < -0.3 is 4.74 Å². The Morgan fingerprint density at radius 1 is 1.50 bits per heavy atom. The van der Waals surface area contributed by atoms with Gasteiger partial charge in [0.1, 0.15) is 0 Å². The lowest BCUT2D eigenvalue weighted by molar-refractivity contribution is 0.326. The maximum atomic E-state index is 11.9. The summed E-state index contributed by atoms with van der Waals surface area (Å²) in [4.78, 5) is 4.00. The van der Waals surface area contributed by atoms with Gasteiger partial charge in [-0.2, -0.15) is 0 Å². The number of halogens is 1. The van der Waals surface area contributed by atoms with Crippen LogP contribution in [-0.2, 0) is 6.42 Å². The Morgan fingerprint density at radius 3 is 2.83 bits per heavy atom. The van der Waals surface area contributed by atoms with Gasteiger partial charge in [0.2, 0.25) is 5.88 Å². The molecular formula is C9H12FNO. The summed E-state index contributed by atoms with van der Waals surface area (Å²) in [6.07, 6.45) is 2.07. The van der Waals surface area contributed by atoms with E-state index in [2.05, 4.69) is 4.98 Å². The lowest BCUT2D eigenvalue weighted by Gasteiger charge is -2.01. The quantitative estimate of drug-likeness (QED) is 0.687. The first-order valence-electron chi connectivity index (χ1n) is 4.00. The first kappa shape index (κ1) is 8.97. The molecule has 1 rings (SSSR count). The highest BCUT2D eigenvalue weighted by Gasteiger charge is 1.94. The highest BCUT2D eigenvalue weighted by Crippen LogP contribution is 2.07. The van der Waals surface area contributed by atoms with Crippen molar-refractivity contribution >= 4 is 0 Å². The van der Waals surface area contributed by atoms with Crippen molar-refractivity contribution in [2.24, 2.45) is 0 Å². The first-order chi connectivity index (χ1) is 5.86. The Labute approximate surface area is 71.4 Å². The van der Waals surface area contributed by atoms with Crippen LogP contribution in [0, 0.1) is 0 Å². The number of pyridine rings is 1. The summed E-state index contributed by atoms with van der Waals surface area (Å²) in [6, 6.07) is 3.59. The van der Waals surface area contributed by atoms with Gasteiger partial charge in [0.05, 0.1) is 13.3 Å². The van der Waals surface area contributed by atoms with E-state index in [1.165, 1.54) is 0 Å². The smallest absolute Gasteiger partial charge is 0.213 e. The summed E-state index contributed by atoms with van der Waals surface area (Å²) in [6.45, 7) is 2.17. The van der Waals surface area contributed by atoms with Crippen LogP contribution in [0.3, 0.4) is 0 Å². The molecular weight excluding hydrogens is 157 g/mol. The molecule has 0 amide bonds. The minimum absolute atomic E-state index is 0.338. The summed E-state index contributed by atoms with van der Waals surface area (Å²) in [5, 5.41) is 0. The molecule has 0 N–H and O–H groups in total. The van der Waals surface area contributed by atoms with Crippen molar-refractivity contribution in [2.75, 3.05) is 13.3 Å². The second-order valence-electron chi connectivity index (χ2n) is 2.38. The van der Waals surface area contributed by atoms with Crippen LogP contribution in [0.2, 0.25) is 0 Å². The molecule has 1 aromatic rings.